The van der Waals surface area contributed by atoms with E-state index < -0.39 is 12.4 Å². The number of hydrogen-bond acceptors (Lipinski definition) is 3. The molecule has 2 aromatic rings. The average molecular weight is 308 g/mol. The van der Waals surface area contributed by atoms with Crippen molar-refractivity contribution in [2.24, 2.45) is 5.73 Å². The van der Waals surface area contributed by atoms with E-state index in [0.29, 0.717) is 12.5 Å². The van der Waals surface area contributed by atoms with Gasteiger partial charge in [-0.3, -0.25) is 0 Å². The SMILES string of the molecule is NC(=O)N1c2cc[c]cc2COC1Nc1cccc(C2CC2)c1. The number of carbonyl (C=O) groups is 1. The van der Waals surface area contributed by atoms with Crippen LogP contribution in [-0.4, -0.2) is 12.4 Å². The molecule has 0 saturated heterocycles. The van der Waals surface area contributed by atoms with Crippen molar-refractivity contribution in [1.29, 1.82) is 0 Å². The quantitative estimate of drug-likeness (QED) is 0.915. The number of nitrogens with one attached hydrogen (secondary N) is 1. The molecule has 1 atom stereocenters. The Morgan fingerprint density at radius 1 is 1.35 bits per heavy atom. The first-order valence-corrected chi connectivity index (χ1v) is 7.78. The Bertz CT molecular complexity index is 743. The summed E-state index contributed by atoms with van der Waals surface area (Å²) in [6, 6.07) is 16.1. The van der Waals surface area contributed by atoms with Gasteiger partial charge in [-0.15, -0.1) is 0 Å². The van der Waals surface area contributed by atoms with Gasteiger partial charge in [0.15, 0.2) is 0 Å². The lowest BCUT2D eigenvalue weighted by Crippen LogP contribution is -2.51. The maximum atomic E-state index is 11.9. The number of benzene rings is 2. The van der Waals surface area contributed by atoms with Gasteiger partial charge in [-0.1, -0.05) is 18.2 Å². The van der Waals surface area contributed by atoms with Crippen molar-refractivity contribution in [2.45, 2.75) is 31.7 Å². The van der Waals surface area contributed by atoms with Crippen molar-refractivity contribution >= 4 is 17.4 Å². The molecule has 1 aliphatic carbocycles. The number of nitrogens with zero attached hydrogens (tertiary/aromatic N) is 1. The molecule has 1 aliphatic heterocycles. The van der Waals surface area contributed by atoms with Gasteiger partial charge in [-0.25, -0.2) is 9.69 Å². The molecule has 1 unspecified atom stereocenters. The van der Waals surface area contributed by atoms with E-state index in [1.165, 1.54) is 23.3 Å². The van der Waals surface area contributed by atoms with E-state index in [1.807, 2.05) is 24.3 Å². The molecule has 4 rings (SSSR count). The van der Waals surface area contributed by atoms with Crippen molar-refractivity contribution in [3.8, 4) is 0 Å². The van der Waals surface area contributed by atoms with E-state index in [4.69, 9.17) is 10.5 Å². The van der Waals surface area contributed by atoms with Crippen LogP contribution in [0, 0.1) is 6.07 Å². The predicted octanol–water partition coefficient (Wildman–Crippen LogP) is 3.18. The highest BCUT2D eigenvalue weighted by Gasteiger charge is 2.31. The number of ether oxygens (including phenoxy) is 1. The van der Waals surface area contributed by atoms with E-state index in [0.717, 1.165) is 16.9 Å². The number of anilines is 2. The van der Waals surface area contributed by atoms with E-state index in [2.05, 4.69) is 23.5 Å². The Morgan fingerprint density at radius 3 is 3.00 bits per heavy atom. The summed E-state index contributed by atoms with van der Waals surface area (Å²) < 4.78 is 5.79. The molecular formula is C18H18N3O2. The van der Waals surface area contributed by atoms with E-state index in [9.17, 15) is 4.79 Å². The van der Waals surface area contributed by atoms with Crippen molar-refractivity contribution in [1.82, 2.24) is 0 Å². The Labute approximate surface area is 135 Å². The molecule has 0 bridgehead atoms. The molecule has 117 valence electrons. The average Bonchev–Trinajstić information content (AvgIpc) is 3.39. The molecule has 0 aromatic heterocycles. The molecule has 23 heavy (non-hydrogen) atoms. The van der Waals surface area contributed by atoms with Crippen LogP contribution in [0.25, 0.3) is 0 Å². The second-order valence-corrected chi connectivity index (χ2v) is 5.97. The summed E-state index contributed by atoms with van der Waals surface area (Å²) in [5.74, 6) is 0.674. The normalized spacial score (nSPS) is 20.0. The maximum Gasteiger partial charge on any atom is 0.322 e. The summed E-state index contributed by atoms with van der Waals surface area (Å²) >= 11 is 0. The number of urea groups is 1. The van der Waals surface area contributed by atoms with Gasteiger partial charge in [0.25, 0.3) is 0 Å². The minimum absolute atomic E-state index is 0.413. The van der Waals surface area contributed by atoms with Crippen LogP contribution in [0.5, 0.6) is 0 Å². The van der Waals surface area contributed by atoms with E-state index in [1.54, 1.807) is 6.07 Å². The molecule has 1 saturated carbocycles. The van der Waals surface area contributed by atoms with Crippen LogP contribution in [-0.2, 0) is 11.3 Å². The Morgan fingerprint density at radius 2 is 2.22 bits per heavy atom. The monoisotopic (exact) mass is 308 g/mol. The molecule has 2 aliphatic rings. The zero-order chi connectivity index (χ0) is 15.8. The third-order valence-electron chi connectivity index (χ3n) is 4.28. The largest absolute Gasteiger partial charge is 0.351 e. The summed E-state index contributed by atoms with van der Waals surface area (Å²) in [6.07, 6.45) is 1.89. The van der Waals surface area contributed by atoms with Gasteiger partial charge in [0, 0.05) is 11.3 Å². The van der Waals surface area contributed by atoms with Crippen LogP contribution >= 0.6 is 0 Å². The predicted molar refractivity (Wildman–Crippen MR) is 88.0 cm³/mol. The number of amides is 2. The molecule has 5 heteroatoms. The fourth-order valence-electron chi connectivity index (χ4n) is 2.96. The van der Waals surface area contributed by atoms with Gasteiger partial charge in [0.05, 0.1) is 12.3 Å². The summed E-state index contributed by atoms with van der Waals surface area (Å²) in [6.45, 7) is 0.413. The Hall–Kier alpha value is -2.53. The minimum Gasteiger partial charge on any atom is -0.351 e. The molecule has 3 N–H and O–H groups in total. The van der Waals surface area contributed by atoms with Crippen molar-refractivity contribution in [3.63, 3.8) is 0 Å². The van der Waals surface area contributed by atoms with Crippen molar-refractivity contribution < 1.29 is 9.53 Å². The highest BCUT2D eigenvalue weighted by atomic mass is 16.5. The Balaban J connectivity index is 1.61. The van der Waals surface area contributed by atoms with Crippen LogP contribution in [0.15, 0.2) is 42.5 Å². The Kier molecular flexibility index (Phi) is 3.42. The molecule has 0 spiro atoms. The molecule has 2 aromatic carbocycles. The number of nitrogens with two attached hydrogens (primary N) is 1. The van der Waals surface area contributed by atoms with Gasteiger partial charge in [-0.2, -0.15) is 0 Å². The zero-order valence-electron chi connectivity index (χ0n) is 12.7. The second-order valence-electron chi connectivity index (χ2n) is 5.97. The van der Waals surface area contributed by atoms with Gasteiger partial charge < -0.3 is 15.8 Å². The molecule has 1 heterocycles. The minimum atomic E-state index is -0.614. The number of rotatable bonds is 3. The lowest BCUT2D eigenvalue weighted by Gasteiger charge is -2.36. The third kappa shape index (κ3) is 2.75. The highest BCUT2D eigenvalue weighted by molar-refractivity contribution is 5.92. The van der Waals surface area contributed by atoms with Crippen molar-refractivity contribution in [2.75, 3.05) is 10.2 Å². The molecule has 1 fully saturated rings. The highest BCUT2D eigenvalue weighted by Crippen LogP contribution is 2.40. The smallest absolute Gasteiger partial charge is 0.322 e. The van der Waals surface area contributed by atoms with Crippen LogP contribution in [0.4, 0.5) is 16.2 Å². The first-order valence-electron chi connectivity index (χ1n) is 7.78. The molecule has 1 radical (unpaired) electrons. The van der Waals surface area contributed by atoms with Crippen LogP contribution in [0.1, 0.15) is 29.9 Å². The topological polar surface area (TPSA) is 67.6 Å². The van der Waals surface area contributed by atoms with E-state index in [-0.39, 0.29) is 0 Å². The summed E-state index contributed by atoms with van der Waals surface area (Å²) in [4.78, 5) is 13.4. The lowest BCUT2D eigenvalue weighted by atomic mass is 10.1. The summed E-state index contributed by atoms with van der Waals surface area (Å²) in [7, 11) is 0. The van der Waals surface area contributed by atoms with E-state index >= 15 is 0 Å². The molecule has 5 nitrogen and oxygen atoms in total. The first-order chi connectivity index (χ1) is 11.2. The third-order valence-corrected chi connectivity index (χ3v) is 4.28. The summed E-state index contributed by atoms with van der Waals surface area (Å²) in [5, 5.41) is 3.27. The molecular weight excluding hydrogens is 290 g/mol. The first kappa shape index (κ1) is 14.1. The van der Waals surface area contributed by atoms with Crippen LogP contribution in [0.3, 0.4) is 0 Å². The zero-order valence-corrected chi connectivity index (χ0v) is 12.7. The van der Waals surface area contributed by atoms with Gasteiger partial charge in [0.2, 0.25) is 6.35 Å². The molecule has 2 amide bonds. The fourth-order valence-corrected chi connectivity index (χ4v) is 2.96. The van der Waals surface area contributed by atoms with Crippen molar-refractivity contribution in [3.05, 3.63) is 59.7 Å². The second kappa shape index (κ2) is 5.59. The van der Waals surface area contributed by atoms with Crippen LogP contribution in [0.2, 0.25) is 0 Å². The number of hydrogen-bond donors (Lipinski definition) is 2. The number of primary amides is 1. The van der Waals surface area contributed by atoms with Gasteiger partial charge >= 0.3 is 6.03 Å². The number of carbonyl (C=O) groups excluding carboxylic acids is 1. The van der Waals surface area contributed by atoms with Gasteiger partial charge in [-0.05, 0) is 54.7 Å². The maximum absolute atomic E-state index is 11.9. The fraction of sp³-hybridized carbons (Fsp3) is 0.278. The summed E-state index contributed by atoms with van der Waals surface area (Å²) in [5.41, 5.74) is 9.49. The lowest BCUT2D eigenvalue weighted by molar-refractivity contribution is 0.0518. The standard InChI is InChI=1S/C18H18N3O2/c19-17(22)21-16-7-2-1-4-14(16)11-23-18(21)20-15-6-3-5-13(10-15)12-8-9-12/h2-7,10,12,18,20H,8-9,11H2,(H2,19,22). The van der Waals surface area contributed by atoms with Crippen LogP contribution < -0.4 is 16.0 Å². The number of fused-ring (bicyclic) bond motifs is 1. The van der Waals surface area contributed by atoms with Gasteiger partial charge in [0.1, 0.15) is 0 Å².